The number of allylic oxidation sites excluding steroid dienone is 1. The van der Waals surface area contributed by atoms with Gasteiger partial charge in [-0.25, -0.2) is 0 Å². The molecule has 2 aromatic carbocycles. The highest BCUT2D eigenvalue weighted by Crippen LogP contribution is 2.42. The summed E-state index contributed by atoms with van der Waals surface area (Å²) in [5, 5.41) is 6.88. The molecule has 1 aromatic heterocycles. The third kappa shape index (κ3) is 3.14. The highest BCUT2D eigenvalue weighted by atomic mass is 16.3. The third-order valence-corrected chi connectivity index (χ3v) is 5.53. The lowest BCUT2D eigenvalue weighted by Gasteiger charge is -2.27. The molecule has 2 N–H and O–H groups in total. The fourth-order valence-corrected chi connectivity index (χ4v) is 4.10. The molecule has 0 amide bonds. The lowest BCUT2D eigenvalue weighted by atomic mass is 9.84. The standard InChI is InChI=1S/C24H20N2O3/c27-20-9-4-8-18-22(20)23(21-10-5-13-29-21)26-19-14-16(11-12-17(19)25-18)24(28)15-6-2-1-3-7-15/h1-3,5-8,10-14,22-23,25-26H,4,9H2. The second-order valence-electron chi connectivity index (χ2n) is 7.36. The van der Waals surface area contributed by atoms with Gasteiger partial charge in [0.1, 0.15) is 11.5 Å². The van der Waals surface area contributed by atoms with Crippen LogP contribution in [-0.2, 0) is 4.79 Å². The molecule has 144 valence electrons. The van der Waals surface area contributed by atoms with Crippen LogP contribution in [0.1, 0.15) is 40.6 Å². The summed E-state index contributed by atoms with van der Waals surface area (Å²) in [6.07, 6.45) is 4.94. The Balaban J connectivity index is 1.57. The summed E-state index contributed by atoms with van der Waals surface area (Å²) in [6.45, 7) is 0. The average molecular weight is 384 g/mol. The van der Waals surface area contributed by atoms with Crippen molar-refractivity contribution in [1.82, 2.24) is 0 Å². The van der Waals surface area contributed by atoms with E-state index in [0.29, 0.717) is 23.3 Å². The van der Waals surface area contributed by atoms with Crippen molar-refractivity contribution in [3.05, 3.63) is 95.6 Å². The minimum Gasteiger partial charge on any atom is -0.467 e. The summed E-state index contributed by atoms with van der Waals surface area (Å²) in [4.78, 5) is 25.7. The molecule has 2 unspecified atom stereocenters. The van der Waals surface area contributed by atoms with Crippen LogP contribution in [0.15, 0.2) is 83.1 Å². The molecule has 3 aromatic rings. The summed E-state index contributed by atoms with van der Waals surface area (Å²) < 4.78 is 5.65. The number of carbonyl (C=O) groups is 2. The lowest BCUT2D eigenvalue weighted by Crippen LogP contribution is -2.31. The maximum Gasteiger partial charge on any atom is 0.193 e. The highest BCUT2D eigenvalue weighted by Gasteiger charge is 2.38. The van der Waals surface area contributed by atoms with Gasteiger partial charge in [0.15, 0.2) is 5.78 Å². The predicted octanol–water partition coefficient (Wildman–Crippen LogP) is 4.95. The van der Waals surface area contributed by atoms with Gasteiger partial charge in [-0.2, -0.15) is 0 Å². The number of benzene rings is 2. The molecular formula is C24H20N2O3. The van der Waals surface area contributed by atoms with E-state index in [1.165, 1.54) is 0 Å². The van der Waals surface area contributed by atoms with E-state index in [1.54, 1.807) is 6.26 Å². The summed E-state index contributed by atoms with van der Waals surface area (Å²) in [5.74, 6) is 0.486. The Kier molecular flexibility index (Phi) is 4.28. The topological polar surface area (TPSA) is 71.3 Å². The second-order valence-corrected chi connectivity index (χ2v) is 7.36. The van der Waals surface area contributed by atoms with Crippen molar-refractivity contribution in [2.24, 2.45) is 5.92 Å². The summed E-state index contributed by atoms with van der Waals surface area (Å²) >= 11 is 0. The number of ketones is 2. The number of furan rings is 1. The van der Waals surface area contributed by atoms with Crippen molar-refractivity contribution in [2.75, 3.05) is 10.6 Å². The van der Waals surface area contributed by atoms with Crippen molar-refractivity contribution >= 4 is 22.9 Å². The molecule has 29 heavy (non-hydrogen) atoms. The van der Waals surface area contributed by atoms with Crippen molar-refractivity contribution in [1.29, 1.82) is 0 Å². The molecule has 1 aliphatic carbocycles. The fraction of sp³-hybridized carbons (Fsp3) is 0.167. The summed E-state index contributed by atoms with van der Waals surface area (Å²) in [7, 11) is 0. The Morgan fingerprint density at radius 1 is 0.966 bits per heavy atom. The molecule has 5 nitrogen and oxygen atoms in total. The molecule has 0 saturated heterocycles. The van der Waals surface area contributed by atoms with Gasteiger partial charge in [-0.05, 0) is 36.8 Å². The molecule has 1 aliphatic heterocycles. The quantitative estimate of drug-likeness (QED) is 0.625. The SMILES string of the molecule is O=C(c1ccccc1)c1ccc2c(c1)NC(c1ccco1)C1C(=O)CCC=C1N2. The molecule has 0 fully saturated rings. The lowest BCUT2D eigenvalue weighted by molar-refractivity contribution is -0.122. The zero-order chi connectivity index (χ0) is 19.8. The van der Waals surface area contributed by atoms with Crippen LogP contribution in [0.25, 0.3) is 0 Å². The Bertz CT molecular complexity index is 1100. The average Bonchev–Trinajstić information content (AvgIpc) is 3.23. The number of hydrogen-bond donors (Lipinski definition) is 2. The Morgan fingerprint density at radius 3 is 2.62 bits per heavy atom. The van der Waals surface area contributed by atoms with Gasteiger partial charge >= 0.3 is 0 Å². The van der Waals surface area contributed by atoms with E-state index in [-0.39, 0.29) is 23.5 Å². The van der Waals surface area contributed by atoms with Crippen LogP contribution >= 0.6 is 0 Å². The zero-order valence-corrected chi connectivity index (χ0v) is 15.7. The van der Waals surface area contributed by atoms with Crippen LogP contribution in [0.3, 0.4) is 0 Å². The number of Topliss-reactive ketones (excluding diaryl/α,β-unsaturated/α-hetero) is 1. The first kappa shape index (κ1) is 17.5. The first-order chi connectivity index (χ1) is 14.2. The first-order valence-corrected chi connectivity index (χ1v) is 9.74. The van der Waals surface area contributed by atoms with Gasteiger partial charge in [-0.15, -0.1) is 0 Å². The first-order valence-electron chi connectivity index (χ1n) is 9.74. The molecule has 0 saturated carbocycles. The Hall–Kier alpha value is -3.60. The van der Waals surface area contributed by atoms with E-state index < -0.39 is 0 Å². The number of nitrogens with one attached hydrogen (secondary N) is 2. The van der Waals surface area contributed by atoms with Gasteiger partial charge in [0, 0.05) is 23.2 Å². The maximum atomic E-state index is 12.9. The van der Waals surface area contributed by atoms with E-state index in [2.05, 4.69) is 16.7 Å². The molecule has 0 spiro atoms. The number of fused-ring (bicyclic) bond motifs is 2. The monoisotopic (exact) mass is 384 g/mol. The minimum absolute atomic E-state index is 0.0401. The largest absolute Gasteiger partial charge is 0.467 e. The molecule has 5 heteroatoms. The van der Waals surface area contributed by atoms with Crippen molar-refractivity contribution in [3.63, 3.8) is 0 Å². The van der Waals surface area contributed by atoms with E-state index in [1.807, 2.05) is 60.7 Å². The molecular weight excluding hydrogens is 364 g/mol. The van der Waals surface area contributed by atoms with Crippen LogP contribution in [0.2, 0.25) is 0 Å². The van der Waals surface area contributed by atoms with E-state index >= 15 is 0 Å². The summed E-state index contributed by atoms with van der Waals surface area (Å²) in [6, 6.07) is 18.1. The van der Waals surface area contributed by atoms with E-state index in [0.717, 1.165) is 23.5 Å². The molecule has 0 radical (unpaired) electrons. The van der Waals surface area contributed by atoms with Gasteiger partial charge in [0.25, 0.3) is 0 Å². The number of hydrogen-bond acceptors (Lipinski definition) is 5. The van der Waals surface area contributed by atoms with Gasteiger partial charge in [-0.3, -0.25) is 9.59 Å². The molecule has 0 bridgehead atoms. The molecule has 2 atom stereocenters. The summed E-state index contributed by atoms with van der Waals surface area (Å²) in [5.41, 5.74) is 3.73. The highest BCUT2D eigenvalue weighted by molar-refractivity contribution is 6.10. The maximum absolute atomic E-state index is 12.9. The number of carbonyl (C=O) groups excluding carboxylic acids is 2. The van der Waals surface area contributed by atoms with Crippen LogP contribution in [0.5, 0.6) is 0 Å². The van der Waals surface area contributed by atoms with Crippen LogP contribution < -0.4 is 10.6 Å². The smallest absolute Gasteiger partial charge is 0.193 e. The number of anilines is 2. The van der Waals surface area contributed by atoms with Crippen LogP contribution in [0.4, 0.5) is 11.4 Å². The van der Waals surface area contributed by atoms with Crippen LogP contribution in [0, 0.1) is 5.92 Å². The van der Waals surface area contributed by atoms with Crippen LogP contribution in [-0.4, -0.2) is 11.6 Å². The Morgan fingerprint density at radius 2 is 1.83 bits per heavy atom. The molecule has 2 aliphatic rings. The van der Waals surface area contributed by atoms with E-state index in [9.17, 15) is 9.59 Å². The second kappa shape index (κ2) is 7.09. The molecule has 5 rings (SSSR count). The molecule has 2 heterocycles. The van der Waals surface area contributed by atoms with Gasteiger partial charge in [0.2, 0.25) is 0 Å². The zero-order valence-electron chi connectivity index (χ0n) is 15.7. The van der Waals surface area contributed by atoms with Crippen molar-refractivity contribution in [2.45, 2.75) is 18.9 Å². The van der Waals surface area contributed by atoms with E-state index in [4.69, 9.17) is 4.42 Å². The van der Waals surface area contributed by atoms with Crippen molar-refractivity contribution in [3.8, 4) is 0 Å². The predicted molar refractivity (Wildman–Crippen MR) is 111 cm³/mol. The third-order valence-electron chi connectivity index (χ3n) is 5.53. The van der Waals surface area contributed by atoms with Gasteiger partial charge in [-0.1, -0.05) is 36.4 Å². The van der Waals surface area contributed by atoms with Gasteiger partial charge in [0.05, 0.1) is 29.6 Å². The van der Waals surface area contributed by atoms with Gasteiger partial charge < -0.3 is 15.1 Å². The number of rotatable bonds is 3. The Labute approximate surface area is 168 Å². The normalized spacial score (nSPS) is 20.4. The fourth-order valence-electron chi connectivity index (χ4n) is 4.10. The minimum atomic E-state index is -0.351. The van der Waals surface area contributed by atoms with Crippen molar-refractivity contribution < 1.29 is 14.0 Å².